The number of likely N-dealkylation sites (N-methyl/N-ethyl adjacent to an activating group) is 1. The Kier molecular flexibility index (Phi) is 4.56. The average molecular weight is 379 g/mol. The standard InChI is InChI=1S/C12H15FIN3O2/c1-15-8-3-2-4-16(7-8)11-5-9(13)10(14)6-12(11)17(18)19/h5-6,8,15H,2-4,7H2,1H3. The predicted octanol–water partition coefficient (Wildman–Crippen LogP) is 2.53. The second kappa shape index (κ2) is 6.00. The van der Waals surface area contributed by atoms with Crippen LogP contribution in [-0.2, 0) is 0 Å². The predicted molar refractivity (Wildman–Crippen MR) is 80.1 cm³/mol. The number of anilines is 1. The number of hydrogen-bond donors (Lipinski definition) is 1. The molecule has 0 aromatic heterocycles. The molecule has 2 rings (SSSR count). The molecule has 7 heteroatoms. The van der Waals surface area contributed by atoms with Crippen molar-refractivity contribution >= 4 is 34.0 Å². The van der Waals surface area contributed by atoms with Crippen molar-refractivity contribution in [2.24, 2.45) is 0 Å². The molecular formula is C12H15FIN3O2. The van der Waals surface area contributed by atoms with Crippen molar-refractivity contribution in [3.8, 4) is 0 Å². The quantitative estimate of drug-likeness (QED) is 0.498. The van der Waals surface area contributed by atoms with Gasteiger partial charge in [0.05, 0.1) is 8.49 Å². The number of piperidine rings is 1. The zero-order valence-corrected chi connectivity index (χ0v) is 12.7. The Balaban J connectivity index is 2.37. The lowest BCUT2D eigenvalue weighted by atomic mass is 10.0. The molecule has 0 bridgehead atoms. The molecule has 1 aliphatic rings. The van der Waals surface area contributed by atoms with Gasteiger partial charge in [0.1, 0.15) is 11.5 Å². The van der Waals surface area contributed by atoms with E-state index in [0.717, 1.165) is 19.4 Å². The molecule has 1 aliphatic heterocycles. The Morgan fingerprint density at radius 2 is 2.32 bits per heavy atom. The molecule has 0 spiro atoms. The number of benzene rings is 1. The van der Waals surface area contributed by atoms with Crippen LogP contribution in [0.5, 0.6) is 0 Å². The molecule has 1 unspecified atom stereocenters. The van der Waals surface area contributed by atoms with Gasteiger partial charge in [-0.05, 0) is 42.5 Å². The van der Waals surface area contributed by atoms with Crippen LogP contribution >= 0.6 is 22.6 Å². The Morgan fingerprint density at radius 3 is 2.95 bits per heavy atom. The molecule has 19 heavy (non-hydrogen) atoms. The maximum Gasteiger partial charge on any atom is 0.293 e. The molecule has 0 amide bonds. The zero-order chi connectivity index (χ0) is 14.0. The van der Waals surface area contributed by atoms with Gasteiger partial charge in [0.15, 0.2) is 0 Å². The lowest BCUT2D eigenvalue weighted by molar-refractivity contribution is -0.384. The van der Waals surface area contributed by atoms with Crippen LogP contribution in [0.1, 0.15) is 12.8 Å². The van der Waals surface area contributed by atoms with Crippen molar-refractivity contribution in [2.45, 2.75) is 18.9 Å². The highest BCUT2D eigenvalue weighted by atomic mass is 127. The molecule has 1 N–H and O–H groups in total. The normalized spacial score (nSPS) is 19.5. The Labute approximate surface area is 124 Å². The number of nitrogens with one attached hydrogen (secondary N) is 1. The first-order valence-electron chi connectivity index (χ1n) is 6.08. The van der Waals surface area contributed by atoms with Gasteiger partial charge in [-0.2, -0.15) is 0 Å². The van der Waals surface area contributed by atoms with E-state index < -0.39 is 10.7 Å². The lowest BCUT2D eigenvalue weighted by Gasteiger charge is -2.33. The van der Waals surface area contributed by atoms with E-state index in [1.54, 1.807) is 22.6 Å². The summed E-state index contributed by atoms with van der Waals surface area (Å²) in [6.07, 6.45) is 1.98. The Hall–Kier alpha value is -0.960. The molecule has 1 aromatic rings. The van der Waals surface area contributed by atoms with Crippen molar-refractivity contribution in [2.75, 3.05) is 25.0 Å². The van der Waals surface area contributed by atoms with E-state index in [1.165, 1.54) is 12.1 Å². The Bertz CT molecular complexity index is 498. The highest BCUT2D eigenvalue weighted by Crippen LogP contribution is 2.33. The van der Waals surface area contributed by atoms with Crippen molar-refractivity contribution < 1.29 is 9.31 Å². The molecule has 1 heterocycles. The van der Waals surface area contributed by atoms with Crippen molar-refractivity contribution in [3.05, 3.63) is 31.6 Å². The number of hydrogen-bond acceptors (Lipinski definition) is 4. The minimum Gasteiger partial charge on any atom is -0.364 e. The maximum atomic E-state index is 13.7. The second-order valence-electron chi connectivity index (χ2n) is 4.59. The summed E-state index contributed by atoms with van der Waals surface area (Å²) in [7, 11) is 1.87. The number of nitro benzene ring substituents is 1. The minimum absolute atomic E-state index is 0.0254. The van der Waals surface area contributed by atoms with Crippen LogP contribution in [0.15, 0.2) is 12.1 Å². The highest BCUT2D eigenvalue weighted by molar-refractivity contribution is 14.1. The topological polar surface area (TPSA) is 58.4 Å². The van der Waals surface area contributed by atoms with E-state index in [0.29, 0.717) is 12.2 Å². The van der Waals surface area contributed by atoms with Crippen LogP contribution < -0.4 is 10.2 Å². The van der Waals surface area contributed by atoms with Crippen LogP contribution in [0.2, 0.25) is 0 Å². The van der Waals surface area contributed by atoms with Gasteiger partial charge in [0, 0.05) is 31.3 Å². The maximum absolute atomic E-state index is 13.7. The smallest absolute Gasteiger partial charge is 0.293 e. The molecule has 104 valence electrons. The summed E-state index contributed by atoms with van der Waals surface area (Å²) in [6, 6.07) is 2.86. The summed E-state index contributed by atoms with van der Waals surface area (Å²) in [6.45, 7) is 1.39. The average Bonchev–Trinajstić information content (AvgIpc) is 2.41. The first-order chi connectivity index (χ1) is 9.02. The van der Waals surface area contributed by atoms with Gasteiger partial charge >= 0.3 is 0 Å². The molecule has 0 radical (unpaired) electrons. The fourth-order valence-electron chi connectivity index (χ4n) is 2.36. The van der Waals surface area contributed by atoms with Gasteiger partial charge in [-0.25, -0.2) is 4.39 Å². The van der Waals surface area contributed by atoms with E-state index in [1.807, 2.05) is 11.9 Å². The van der Waals surface area contributed by atoms with Crippen molar-refractivity contribution in [3.63, 3.8) is 0 Å². The van der Waals surface area contributed by atoms with Crippen LogP contribution in [0, 0.1) is 19.5 Å². The van der Waals surface area contributed by atoms with Gasteiger partial charge in [-0.1, -0.05) is 0 Å². The molecule has 1 fully saturated rings. The second-order valence-corrected chi connectivity index (χ2v) is 5.75. The number of nitro groups is 1. The molecule has 0 aliphatic carbocycles. The van der Waals surface area contributed by atoms with E-state index in [2.05, 4.69) is 5.32 Å². The van der Waals surface area contributed by atoms with Crippen LogP contribution in [0.4, 0.5) is 15.8 Å². The van der Waals surface area contributed by atoms with E-state index in [9.17, 15) is 14.5 Å². The summed E-state index contributed by atoms with van der Waals surface area (Å²) in [5.74, 6) is -0.409. The zero-order valence-electron chi connectivity index (χ0n) is 10.5. The first kappa shape index (κ1) is 14.4. The summed E-state index contributed by atoms with van der Waals surface area (Å²) >= 11 is 1.77. The van der Waals surface area contributed by atoms with Crippen LogP contribution in [0.25, 0.3) is 0 Å². The SMILES string of the molecule is CNC1CCCN(c2cc(F)c(I)cc2[N+](=O)[O-])C1. The summed E-state index contributed by atoms with van der Waals surface area (Å²) in [5, 5.41) is 14.3. The molecule has 1 atom stereocenters. The molecule has 0 saturated carbocycles. The van der Waals surface area contributed by atoms with Gasteiger partial charge in [0.25, 0.3) is 5.69 Å². The van der Waals surface area contributed by atoms with E-state index in [4.69, 9.17) is 0 Å². The monoisotopic (exact) mass is 379 g/mol. The van der Waals surface area contributed by atoms with E-state index >= 15 is 0 Å². The third-order valence-corrected chi connectivity index (χ3v) is 4.21. The molecular weight excluding hydrogens is 364 g/mol. The Morgan fingerprint density at radius 1 is 1.58 bits per heavy atom. The number of nitrogens with zero attached hydrogens (tertiary/aromatic N) is 2. The highest BCUT2D eigenvalue weighted by Gasteiger charge is 2.26. The molecule has 1 saturated heterocycles. The van der Waals surface area contributed by atoms with Gasteiger partial charge < -0.3 is 10.2 Å². The first-order valence-corrected chi connectivity index (χ1v) is 7.16. The number of halogens is 2. The lowest BCUT2D eigenvalue weighted by Crippen LogP contribution is -2.44. The van der Waals surface area contributed by atoms with Crippen LogP contribution in [-0.4, -0.2) is 31.1 Å². The van der Waals surface area contributed by atoms with Crippen LogP contribution in [0.3, 0.4) is 0 Å². The van der Waals surface area contributed by atoms with Crippen molar-refractivity contribution in [1.29, 1.82) is 0 Å². The molecule has 1 aromatic carbocycles. The fraction of sp³-hybridized carbons (Fsp3) is 0.500. The third-order valence-electron chi connectivity index (χ3n) is 3.38. The summed E-state index contributed by atoms with van der Waals surface area (Å²) in [5.41, 5.74) is 0.352. The van der Waals surface area contributed by atoms with Gasteiger partial charge in [-0.3, -0.25) is 10.1 Å². The third kappa shape index (κ3) is 3.14. The largest absolute Gasteiger partial charge is 0.364 e. The molecule has 5 nitrogen and oxygen atoms in total. The summed E-state index contributed by atoms with van der Waals surface area (Å²) < 4.78 is 14.0. The van der Waals surface area contributed by atoms with Gasteiger partial charge in [0.2, 0.25) is 0 Å². The fourth-order valence-corrected chi connectivity index (χ4v) is 2.81. The minimum atomic E-state index is -0.445. The number of rotatable bonds is 3. The van der Waals surface area contributed by atoms with Gasteiger partial charge in [-0.15, -0.1) is 0 Å². The van der Waals surface area contributed by atoms with Crippen molar-refractivity contribution in [1.82, 2.24) is 5.32 Å². The summed E-state index contributed by atoms with van der Waals surface area (Å²) in [4.78, 5) is 12.6. The van der Waals surface area contributed by atoms with E-state index in [-0.39, 0.29) is 15.3 Å².